The van der Waals surface area contributed by atoms with E-state index in [1.807, 2.05) is 54.6 Å². The van der Waals surface area contributed by atoms with E-state index in [1.54, 1.807) is 0 Å². The van der Waals surface area contributed by atoms with E-state index in [0.717, 1.165) is 77.5 Å². The fourth-order valence-corrected chi connectivity index (χ4v) is 7.82. The Morgan fingerprint density at radius 2 is 1.12 bits per heavy atom. The average molecular weight is 668 g/mol. The van der Waals surface area contributed by atoms with Crippen LogP contribution in [0.1, 0.15) is 22.9 Å². The smallest absolute Gasteiger partial charge is 0.163 e. The molecule has 3 heterocycles. The van der Waals surface area contributed by atoms with Crippen molar-refractivity contribution in [3.63, 3.8) is 0 Å². The molecule has 11 rings (SSSR count). The number of hydrogen-bond donors (Lipinski definition) is 1. The summed E-state index contributed by atoms with van der Waals surface area (Å²) in [4.78, 5) is 10.4. The summed E-state index contributed by atoms with van der Waals surface area (Å²) in [5, 5.41) is 12.8. The third kappa shape index (κ3) is 4.49. The molecule has 0 saturated heterocycles. The average Bonchev–Trinajstić information content (AvgIpc) is 3.79. The van der Waals surface area contributed by atoms with Gasteiger partial charge in [-0.1, -0.05) is 127 Å². The Morgan fingerprint density at radius 3 is 2.02 bits per heavy atom. The van der Waals surface area contributed by atoms with E-state index in [4.69, 9.17) is 18.8 Å². The molecule has 1 unspecified atom stereocenters. The van der Waals surface area contributed by atoms with Crippen LogP contribution >= 0.6 is 0 Å². The lowest BCUT2D eigenvalue weighted by atomic mass is 9.96. The molecule has 1 aliphatic rings. The topological polar surface area (TPSA) is 63.0 Å². The summed E-state index contributed by atoms with van der Waals surface area (Å²) < 4.78 is 12.9. The molecule has 5 nitrogen and oxygen atoms in total. The predicted molar refractivity (Wildman–Crippen MR) is 213 cm³/mol. The van der Waals surface area contributed by atoms with Gasteiger partial charge >= 0.3 is 0 Å². The molecule has 5 heteroatoms. The summed E-state index contributed by atoms with van der Waals surface area (Å²) in [6.45, 7) is 0. The van der Waals surface area contributed by atoms with Crippen molar-refractivity contribution in [2.45, 2.75) is 6.17 Å². The molecule has 2 aromatic heterocycles. The molecule has 0 aliphatic carbocycles. The number of benzene rings is 8. The van der Waals surface area contributed by atoms with Crippen molar-refractivity contribution in [1.29, 1.82) is 0 Å². The van der Waals surface area contributed by atoms with Crippen molar-refractivity contribution >= 4 is 77.1 Å². The van der Waals surface area contributed by atoms with Gasteiger partial charge in [-0.2, -0.15) is 0 Å². The molecular weight excluding hydrogens is 639 g/mol. The molecule has 1 N–H and O–H groups in total. The van der Waals surface area contributed by atoms with Crippen molar-refractivity contribution in [2.75, 3.05) is 0 Å². The minimum atomic E-state index is -0.361. The quantitative estimate of drug-likeness (QED) is 0.190. The Balaban J connectivity index is 1.10. The van der Waals surface area contributed by atoms with Crippen LogP contribution < -0.4 is 5.32 Å². The molecule has 52 heavy (non-hydrogen) atoms. The number of fused-ring (bicyclic) bond motifs is 9. The number of nitrogens with zero attached hydrogens (tertiary/aromatic N) is 2. The summed E-state index contributed by atoms with van der Waals surface area (Å²) >= 11 is 0. The summed E-state index contributed by atoms with van der Waals surface area (Å²) in [5.74, 6) is 1.34. The summed E-state index contributed by atoms with van der Waals surface area (Å²) in [6, 6.07) is 57.0. The van der Waals surface area contributed by atoms with Crippen LogP contribution in [0.25, 0.3) is 76.5 Å². The molecule has 0 radical (unpaired) electrons. The molecule has 0 spiro atoms. The number of amidine groups is 2. The van der Waals surface area contributed by atoms with Gasteiger partial charge in [0.25, 0.3) is 0 Å². The third-order valence-corrected chi connectivity index (χ3v) is 10.3. The van der Waals surface area contributed by atoms with Crippen molar-refractivity contribution in [2.24, 2.45) is 9.98 Å². The molecule has 10 aromatic rings. The fraction of sp³-hybridized carbons (Fsp3) is 0.0213. The lowest BCUT2D eigenvalue weighted by Crippen LogP contribution is -2.33. The Bertz CT molecular complexity index is 3110. The zero-order valence-corrected chi connectivity index (χ0v) is 27.9. The van der Waals surface area contributed by atoms with Gasteiger partial charge < -0.3 is 14.2 Å². The standard InChI is InChI=1S/C47H29N3O2/c1-2-11-30(12-3-1)45-48-46(50-47(49-45)37-17-8-15-35-34-14-6-7-18-40(34)52-44(35)37)36-16-9-19-42-43(36)39-27-32(24-25-41(39)51-42)31-23-22-29-21-20-28-10-4-5-13-33(28)38(29)26-31/h1-27,45H,(H,48,49,50). The molecule has 0 fully saturated rings. The van der Waals surface area contributed by atoms with Gasteiger partial charge in [0.05, 0.1) is 5.56 Å². The molecular formula is C47H29N3O2. The van der Waals surface area contributed by atoms with E-state index in [0.29, 0.717) is 5.84 Å². The SMILES string of the molecule is c1ccc(C2N=C(c3cccc4c3oc3ccccc34)N=C(c3cccc4oc5ccc(-c6ccc7ccc8ccccc8c7c6)cc5c34)N2)cc1. The van der Waals surface area contributed by atoms with E-state index >= 15 is 0 Å². The Hall–Kier alpha value is -6.98. The first-order chi connectivity index (χ1) is 25.7. The maximum Gasteiger partial charge on any atom is 0.163 e. The van der Waals surface area contributed by atoms with Crippen LogP contribution in [0.5, 0.6) is 0 Å². The molecule has 1 atom stereocenters. The first-order valence-corrected chi connectivity index (χ1v) is 17.5. The van der Waals surface area contributed by atoms with E-state index in [-0.39, 0.29) is 6.17 Å². The number of aliphatic imine (C=N–C) groups is 2. The lowest BCUT2D eigenvalue weighted by molar-refractivity contribution is 0.662. The van der Waals surface area contributed by atoms with Gasteiger partial charge in [-0.3, -0.25) is 0 Å². The van der Waals surface area contributed by atoms with Crippen LogP contribution in [0.4, 0.5) is 0 Å². The summed E-state index contributed by atoms with van der Waals surface area (Å²) in [7, 11) is 0. The molecule has 8 aromatic carbocycles. The second-order valence-electron chi connectivity index (χ2n) is 13.4. The number of para-hydroxylation sites is 2. The maximum atomic E-state index is 6.49. The highest BCUT2D eigenvalue weighted by Crippen LogP contribution is 2.38. The zero-order valence-electron chi connectivity index (χ0n) is 27.9. The van der Waals surface area contributed by atoms with E-state index in [9.17, 15) is 0 Å². The van der Waals surface area contributed by atoms with Gasteiger partial charge in [0.1, 0.15) is 34.3 Å². The van der Waals surface area contributed by atoms with E-state index in [1.165, 1.54) is 21.5 Å². The second-order valence-corrected chi connectivity index (χ2v) is 13.4. The minimum Gasteiger partial charge on any atom is -0.456 e. The highest BCUT2D eigenvalue weighted by atomic mass is 16.3. The van der Waals surface area contributed by atoms with Gasteiger partial charge in [0, 0.05) is 27.1 Å². The molecule has 0 amide bonds. The van der Waals surface area contributed by atoms with Crippen molar-refractivity contribution in [3.8, 4) is 11.1 Å². The Kier molecular flexibility index (Phi) is 6.25. The van der Waals surface area contributed by atoms with Gasteiger partial charge in [0.2, 0.25) is 0 Å². The fourth-order valence-electron chi connectivity index (χ4n) is 7.82. The molecule has 1 aliphatic heterocycles. The van der Waals surface area contributed by atoms with Crippen molar-refractivity contribution in [1.82, 2.24) is 5.32 Å². The van der Waals surface area contributed by atoms with Crippen molar-refractivity contribution < 1.29 is 8.83 Å². The van der Waals surface area contributed by atoms with Crippen LogP contribution in [0.15, 0.2) is 183 Å². The molecule has 0 bridgehead atoms. The number of rotatable bonds is 4. The normalized spacial score (nSPS) is 14.7. The molecule has 244 valence electrons. The van der Waals surface area contributed by atoms with Crippen LogP contribution in [0.2, 0.25) is 0 Å². The molecule has 0 saturated carbocycles. The van der Waals surface area contributed by atoms with Crippen molar-refractivity contribution in [3.05, 3.63) is 180 Å². The van der Waals surface area contributed by atoms with Gasteiger partial charge in [0.15, 0.2) is 5.84 Å². The lowest BCUT2D eigenvalue weighted by Gasteiger charge is -2.24. The van der Waals surface area contributed by atoms with Crippen LogP contribution in [0.3, 0.4) is 0 Å². The van der Waals surface area contributed by atoms with Gasteiger partial charge in [-0.15, -0.1) is 0 Å². The third-order valence-electron chi connectivity index (χ3n) is 10.3. The second kappa shape index (κ2) is 11.3. The summed E-state index contributed by atoms with van der Waals surface area (Å²) in [5.41, 5.74) is 8.37. The van der Waals surface area contributed by atoms with E-state index in [2.05, 4.69) is 115 Å². The van der Waals surface area contributed by atoms with Gasteiger partial charge in [-0.25, -0.2) is 9.98 Å². The monoisotopic (exact) mass is 667 g/mol. The highest BCUT2D eigenvalue weighted by Gasteiger charge is 2.25. The van der Waals surface area contributed by atoms with Crippen LogP contribution in [0, 0.1) is 0 Å². The van der Waals surface area contributed by atoms with Gasteiger partial charge in [-0.05, 0) is 74.6 Å². The maximum absolute atomic E-state index is 6.49. The first-order valence-electron chi connectivity index (χ1n) is 17.5. The van der Waals surface area contributed by atoms with E-state index < -0.39 is 0 Å². The first kappa shape index (κ1) is 28.8. The number of nitrogens with one attached hydrogen (secondary N) is 1. The minimum absolute atomic E-state index is 0.361. The Morgan fingerprint density at radius 1 is 0.462 bits per heavy atom. The number of hydrogen-bond acceptors (Lipinski definition) is 5. The van der Waals surface area contributed by atoms with Crippen LogP contribution in [-0.2, 0) is 0 Å². The predicted octanol–water partition coefficient (Wildman–Crippen LogP) is 12.0. The Labute approximate surface area is 298 Å². The number of furan rings is 2. The summed E-state index contributed by atoms with van der Waals surface area (Å²) in [6.07, 6.45) is -0.361. The zero-order chi connectivity index (χ0) is 34.2. The van der Waals surface area contributed by atoms with Crippen LogP contribution in [-0.4, -0.2) is 11.7 Å². The highest BCUT2D eigenvalue weighted by molar-refractivity contribution is 6.24. The largest absolute Gasteiger partial charge is 0.456 e.